The van der Waals surface area contributed by atoms with Crippen molar-refractivity contribution >= 4 is 23.5 Å². The molecule has 140 valence electrons. The molecule has 2 rings (SSSR count). The number of carboxylic acid groups (broad SMARTS) is 1. The zero-order valence-corrected chi connectivity index (χ0v) is 14.5. The maximum absolute atomic E-state index is 12.7. The van der Waals surface area contributed by atoms with E-state index in [-0.39, 0.29) is 29.7 Å². The lowest BCUT2D eigenvalue weighted by Crippen LogP contribution is -2.43. The number of rotatable bonds is 5. The average Bonchev–Trinajstić information content (AvgIpc) is 2.84. The van der Waals surface area contributed by atoms with Crippen molar-refractivity contribution in [2.24, 2.45) is 0 Å². The number of carbonyl (C=O) groups is 3. The van der Waals surface area contributed by atoms with Crippen LogP contribution in [0.4, 0.5) is 5.69 Å². The van der Waals surface area contributed by atoms with E-state index < -0.39 is 16.8 Å². The number of amides is 2. The highest BCUT2D eigenvalue weighted by Crippen LogP contribution is 2.23. The molecule has 0 aromatic heterocycles. The number of benzene rings is 1. The van der Waals surface area contributed by atoms with Gasteiger partial charge in [0.25, 0.3) is 11.6 Å². The summed E-state index contributed by atoms with van der Waals surface area (Å²) in [5, 5.41) is 20.1. The molecule has 1 aromatic carbocycles. The summed E-state index contributed by atoms with van der Waals surface area (Å²) in [5.74, 6) is -1.83. The minimum atomic E-state index is -1.09. The Morgan fingerprint density at radius 1 is 1.27 bits per heavy atom. The van der Waals surface area contributed by atoms with Crippen LogP contribution in [0.3, 0.4) is 0 Å². The molecule has 1 aliphatic rings. The number of nitro groups is 1. The van der Waals surface area contributed by atoms with Crippen molar-refractivity contribution in [1.29, 1.82) is 0 Å². The molecule has 2 amide bonds. The third-order valence-corrected chi connectivity index (χ3v) is 4.47. The molecule has 1 N–H and O–H groups in total. The minimum absolute atomic E-state index is 0.0323. The molecule has 1 heterocycles. The quantitative estimate of drug-likeness (QED) is 0.625. The first-order valence-corrected chi connectivity index (χ1v) is 8.33. The highest BCUT2D eigenvalue weighted by molar-refractivity contribution is 5.98. The fourth-order valence-corrected chi connectivity index (χ4v) is 3.22. The molecule has 0 bridgehead atoms. The molecular formula is C17H21N3O6. The average molecular weight is 363 g/mol. The molecular weight excluding hydrogens is 342 g/mol. The number of para-hydroxylation sites is 1. The Morgan fingerprint density at radius 2 is 1.96 bits per heavy atom. The number of hydrogen-bond acceptors (Lipinski definition) is 5. The van der Waals surface area contributed by atoms with E-state index >= 15 is 0 Å². The van der Waals surface area contributed by atoms with Crippen LogP contribution in [-0.4, -0.2) is 63.3 Å². The van der Waals surface area contributed by atoms with Gasteiger partial charge in [-0.15, -0.1) is 0 Å². The van der Waals surface area contributed by atoms with Gasteiger partial charge < -0.3 is 14.9 Å². The van der Waals surface area contributed by atoms with Gasteiger partial charge >= 0.3 is 5.97 Å². The Labute approximate surface area is 150 Å². The maximum Gasteiger partial charge on any atom is 0.323 e. The number of hydrogen-bond donors (Lipinski definition) is 1. The summed E-state index contributed by atoms with van der Waals surface area (Å²) < 4.78 is 0. The SMILES string of the molecule is CC(=O)N(CC(=O)O)C1CCCN(C(=O)c2ccccc2[N+](=O)[O-])CC1. The first-order chi connectivity index (χ1) is 12.3. The van der Waals surface area contributed by atoms with Gasteiger partial charge in [-0.05, 0) is 25.3 Å². The zero-order chi connectivity index (χ0) is 19.3. The molecule has 1 atom stereocenters. The maximum atomic E-state index is 12.7. The number of nitrogens with zero attached hydrogens (tertiary/aromatic N) is 3. The van der Waals surface area contributed by atoms with Gasteiger partial charge in [0.1, 0.15) is 12.1 Å². The monoisotopic (exact) mass is 363 g/mol. The predicted octanol–water partition coefficient (Wildman–Crippen LogP) is 1.52. The predicted molar refractivity (Wildman–Crippen MR) is 91.7 cm³/mol. The highest BCUT2D eigenvalue weighted by atomic mass is 16.6. The number of nitro benzene ring substituents is 1. The third-order valence-electron chi connectivity index (χ3n) is 4.47. The topological polar surface area (TPSA) is 121 Å². The zero-order valence-electron chi connectivity index (χ0n) is 14.5. The lowest BCUT2D eigenvalue weighted by atomic mass is 10.1. The van der Waals surface area contributed by atoms with Crippen molar-refractivity contribution < 1.29 is 24.4 Å². The summed E-state index contributed by atoms with van der Waals surface area (Å²) in [7, 11) is 0. The normalized spacial score (nSPS) is 17.3. The van der Waals surface area contributed by atoms with Crippen LogP contribution in [0.1, 0.15) is 36.5 Å². The van der Waals surface area contributed by atoms with Crippen LogP contribution in [0.25, 0.3) is 0 Å². The minimum Gasteiger partial charge on any atom is -0.480 e. The lowest BCUT2D eigenvalue weighted by Gasteiger charge is -2.28. The smallest absolute Gasteiger partial charge is 0.323 e. The van der Waals surface area contributed by atoms with Crippen molar-refractivity contribution in [2.75, 3.05) is 19.6 Å². The fourth-order valence-electron chi connectivity index (χ4n) is 3.22. The molecule has 0 spiro atoms. The van der Waals surface area contributed by atoms with Crippen molar-refractivity contribution in [1.82, 2.24) is 9.80 Å². The second kappa shape index (κ2) is 8.41. The van der Waals surface area contributed by atoms with Gasteiger partial charge in [-0.3, -0.25) is 24.5 Å². The van der Waals surface area contributed by atoms with Crippen LogP contribution in [-0.2, 0) is 9.59 Å². The number of carbonyl (C=O) groups excluding carboxylic acids is 2. The number of carboxylic acids is 1. The van der Waals surface area contributed by atoms with Gasteiger partial charge in [0.05, 0.1) is 4.92 Å². The largest absolute Gasteiger partial charge is 0.480 e. The molecule has 9 heteroatoms. The van der Waals surface area contributed by atoms with Gasteiger partial charge in [0, 0.05) is 32.1 Å². The van der Waals surface area contributed by atoms with Crippen molar-refractivity contribution in [3.63, 3.8) is 0 Å². The van der Waals surface area contributed by atoms with Crippen molar-refractivity contribution in [3.05, 3.63) is 39.9 Å². The summed E-state index contributed by atoms with van der Waals surface area (Å²) in [6, 6.07) is 5.52. The van der Waals surface area contributed by atoms with E-state index in [0.717, 1.165) is 0 Å². The first-order valence-electron chi connectivity index (χ1n) is 8.33. The van der Waals surface area contributed by atoms with Gasteiger partial charge in [-0.25, -0.2) is 0 Å². The van der Waals surface area contributed by atoms with Gasteiger partial charge in [0.2, 0.25) is 5.91 Å². The molecule has 1 saturated heterocycles. The lowest BCUT2D eigenvalue weighted by molar-refractivity contribution is -0.385. The van der Waals surface area contributed by atoms with Crippen molar-refractivity contribution in [3.8, 4) is 0 Å². The summed E-state index contributed by atoms with van der Waals surface area (Å²) in [6.07, 6.45) is 1.59. The standard InChI is InChI=1S/C17H21N3O6/c1-12(21)19(11-16(22)23)13-5-4-9-18(10-8-13)17(24)14-6-2-3-7-15(14)20(25)26/h2-3,6-7,13H,4-5,8-11H2,1H3,(H,22,23). The van der Waals surface area contributed by atoms with E-state index in [1.54, 1.807) is 6.07 Å². The Morgan fingerprint density at radius 3 is 2.58 bits per heavy atom. The van der Waals surface area contributed by atoms with E-state index in [9.17, 15) is 24.5 Å². The Hall–Kier alpha value is -2.97. The van der Waals surface area contributed by atoms with Crippen LogP contribution < -0.4 is 0 Å². The van der Waals surface area contributed by atoms with E-state index in [2.05, 4.69) is 0 Å². The van der Waals surface area contributed by atoms with Gasteiger partial charge in [0.15, 0.2) is 0 Å². The van der Waals surface area contributed by atoms with E-state index in [0.29, 0.717) is 32.4 Å². The Bertz CT molecular complexity index is 720. The van der Waals surface area contributed by atoms with Gasteiger partial charge in [-0.1, -0.05) is 12.1 Å². The second-order valence-electron chi connectivity index (χ2n) is 6.19. The molecule has 0 saturated carbocycles. The highest BCUT2D eigenvalue weighted by Gasteiger charge is 2.30. The van der Waals surface area contributed by atoms with E-state index in [1.165, 1.54) is 34.9 Å². The van der Waals surface area contributed by atoms with E-state index in [1.807, 2.05) is 0 Å². The third kappa shape index (κ3) is 4.56. The van der Waals surface area contributed by atoms with Crippen molar-refractivity contribution in [2.45, 2.75) is 32.2 Å². The number of likely N-dealkylation sites (tertiary alicyclic amines) is 1. The molecule has 0 radical (unpaired) electrons. The molecule has 1 aromatic rings. The Balaban J connectivity index is 2.13. The second-order valence-corrected chi connectivity index (χ2v) is 6.19. The summed E-state index contributed by atoms with van der Waals surface area (Å²) in [5.41, 5.74) is -0.209. The summed E-state index contributed by atoms with van der Waals surface area (Å²) in [6.45, 7) is 1.65. The fraction of sp³-hybridized carbons (Fsp3) is 0.471. The molecule has 0 aliphatic carbocycles. The summed E-state index contributed by atoms with van der Waals surface area (Å²) >= 11 is 0. The van der Waals surface area contributed by atoms with Crippen LogP contribution >= 0.6 is 0 Å². The van der Waals surface area contributed by atoms with Crippen LogP contribution in [0.2, 0.25) is 0 Å². The number of aliphatic carboxylic acids is 1. The van der Waals surface area contributed by atoms with Gasteiger partial charge in [-0.2, -0.15) is 0 Å². The molecule has 9 nitrogen and oxygen atoms in total. The first kappa shape index (κ1) is 19.4. The summed E-state index contributed by atoms with van der Waals surface area (Å²) in [4.78, 5) is 48.8. The van der Waals surface area contributed by atoms with Crippen LogP contribution in [0, 0.1) is 10.1 Å². The Kier molecular flexibility index (Phi) is 6.26. The van der Waals surface area contributed by atoms with E-state index in [4.69, 9.17) is 5.11 Å². The molecule has 1 aliphatic heterocycles. The van der Waals surface area contributed by atoms with Crippen LogP contribution in [0.5, 0.6) is 0 Å². The van der Waals surface area contributed by atoms with Crippen LogP contribution in [0.15, 0.2) is 24.3 Å². The molecule has 26 heavy (non-hydrogen) atoms. The molecule has 1 fully saturated rings. The molecule has 1 unspecified atom stereocenters.